The number of para-hydroxylation sites is 2. The van der Waals surface area contributed by atoms with E-state index in [0.29, 0.717) is 27.8 Å². The predicted octanol–water partition coefficient (Wildman–Crippen LogP) is 5.80. The molecule has 5 nitrogen and oxygen atoms in total. The lowest BCUT2D eigenvalue weighted by molar-refractivity contribution is 0.404. The third kappa shape index (κ3) is 4.14. The average Bonchev–Trinajstić information content (AvgIpc) is 2.84. The zero-order valence-electron chi connectivity index (χ0n) is 18.3. The molecule has 32 heavy (non-hydrogen) atoms. The van der Waals surface area contributed by atoms with Crippen LogP contribution in [0.25, 0.3) is 16.5 Å². The summed E-state index contributed by atoms with van der Waals surface area (Å²) in [5.41, 5.74) is 2.69. The van der Waals surface area contributed by atoms with E-state index < -0.39 is 0 Å². The first-order valence-corrected chi connectivity index (χ1v) is 10.8. The fraction of sp³-hybridized carbons (Fsp3) is 0.185. The number of aromatic nitrogens is 1. The Labute approximate surface area is 187 Å². The van der Waals surface area contributed by atoms with Crippen LogP contribution >= 0.6 is 0 Å². The van der Waals surface area contributed by atoms with Crippen molar-refractivity contribution in [1.29, 1.82) is 0 Å². The van der Waals surface area contributed by atoms with Gasteiger partial charge in [0.25, 0.3) is 5.56 Å². The molecule has 1 heterocycles. The van der Waals surface area contributed by atoms with Crippen LogP contribution in [0.3, 0.4) is 0 Å². The lowest BCUT2D eigenvalue weighted by Crippen LogP contribution is -2.20. The van der Waals surface area contributed by atoms with Gasteiger partial charge < -0.3 is 9.84 Å². The van der Waals surface area contributed by atoms with Crippen molar-refractivity contribution in [3.8, 4) is 17.3 Å². The van der Waals surface area contributed by atoms with Crippen molar-refractivity contribution >= 4 is 22.7 Å². The minimum Gasteiger partial charge on any atom is -0.495 e. The molecule has 0 aliphatic heterocycles. The average molecular weight is 427 g/mol. The van der Waals surface area contributed by atoms with Gasteiger partial charge in [-0.3, -0.25) is 9.79 Å². The number of unbranched alkanes of at least 4 members (excludes halogenated alkanes) is 1. The van der Waals surface area contributed by atoms with Crippen molar-refractivity contribution in [2.75, 3.05) is 7.11 Å². The van der Waals surface area contributed by atoms with Gasteiger partial charge in [0.1, 0.15) is 5.75 Å². The Morgan fingerprint density at radius 1 is 0.969 bits per heavy atom. The molecule has 0 spiro atoms. The van der Waals surface area contributed by atoms with Crippen LogP contribution in [0.15, 0.2) is 82.6 Å². The van der Waals surface area contributed by atoms with E-state index in [-0.39, 0.29) is 11.4 Å². The van der Waals surface area contributed by atoms with Gasteiger partial charge in [-0.2, -0.15) is 0 Å². The quantitative estimate of drug-likeness (QED) is 0.380. The summed E-state index contributed by atoms with van der Waals surface area (Å²) in [6.45, 7) is 2.18. The van der Waals surface area contributed by atoms with Crippen molar-refractivity contribution in [3.63, 3.8) is 0 Å². The van der Waals surface area contributed by atoms with Gasteiger partial charge in [0, 0.05) is 17.0 Å². The number of hydrogen-bond acceptors (Lipinski definition) is 4. The zero-order valence-corrected chi connectivity index (χ0v) is 18.3. The Morgan fingerprint density at radius 2 is 1.66 bits per heavy atom. The zero-order chi connectivity index (χ0) is 22.5. The highest BCUT2D eigenvalue weighted by Crippen LogP contribution is 2.30. The fourth-order valence-electron chi connectivity index (χ4n) is 3.80. The first-order valence-electron chi connectivity index (χ1n) is 10.8. The predicted molar refractivity (Wildman–Crippen MR) is 130 cm³/mol. The summed E-state index contributed by atoms with van der Waals surface area (Å²) in [5.74, 6) is 0.312. The van der Waals surface area contributed by atoms with Crippen molar-refractivity contribution in [3.05, 3.63) is 94.3 Å². The SMILES string of the molecule is CCCCc1ccc(N=Cc2c(O)n(-c3ccccc3OC)c(=O)c3ccccc23)cc1. The first kappa shape index (κ1) is 21.4. The van der Waals surface area contributed by atoms with Gasteiger partial charge >= 0.3 is 0 Å². The van der Waals surface area contributed by atoms with Crippen molar-refractivity contribution < 1.29 is 9.84 Å². The molecule has 4 aromatic rings. The smallest absolute Gasteiger partial charge is 0.265 e. The maximum Gasteiger partial charge on any atom is 0.265 e. The third-order valence-electron chi connectivity index (χ3n) is 5.53. The highest BCUT2D eigenvalue weighted by atomic mass is 16.5. The van der Waals surface area contributed by atoms with E-state index in [1.807, 2.05) is 36.4 Å². The van der Waals surface area contributed by atoms with Crippen molar-refractivity contribution in [1.82, 2.24) is 4.57 Å². The largest absolute Gasteiger partial charge is 0.495 e. The number of benzene rings is 3. The van der Waals surface area contributed by atoms with E-state index in [4.69, 9.17) is 4.74 Å². The maximum atomic E-state index is 13.3. The Kier molecular flexibility index (Phi) is 6.36. The van der Waals surface area contributed by atoms with Crippen LogP contribution in [0.4, 0.5) is 5.69 Å². The summed E-state index contributed by atoms with van der Waals surface area (Å²) in [6, 6.07) is 22.4. The molecule has 3 aromatic carbocycles. The fourth-order valence-corrected chi connectivity index (χ4v) is 3.80. The van der Waals surface area contributed by atoms with Gasteiger partial charge in [-0.25, -0.2) is 4.57 Å². The van der Waals surface area contributed by atoms with Crippen LogP contribution in [0.5, 0.6) is 11.6 Å². The van der Waals surface area contributed by atoms with Gasteiger partial charge in [0.15, 0.2) is 0 Å². The molecule has 0 radical (unpaired) electrons. The van der Waals surface area contributed by atoms with E-state index in [1.165, 1.54) is 17.2 Å². The molecule has 0 unspecified atom stereocenters. The first-order chi connectivity index (χ1) is 15.6. The summed E-state index contributed by atoms with van der Waals surface area (Å²) in [7, 11) is 1.54. The number of aryl methyl sites for hydroxylation is 1. The Bertz CT molecular complexity index is 1320. The minimum atomic E-state index is -0.319. The van der Waals surface area contributed by atoms with Crippen LogP contribution in [-0.4, -0.2) is 23.0 Å². The van der Waals surface area contributed by atoms with Gasteiger partial charge in [-0.05, 0) is 48.7 Å². The molecule has 0 bridgehead atoms. The minimum absolute atomic E-state index is 0.179. The van der Waals surface area contributed by atoms with Crippen molar-refractivity contribution in [2.24, 2.45) is 4.99 Å². The molecule has 162 valence electrons. The number of ether oxygens (including phenoxy) is 1. The summed E-state index contributed by atoms with van der Waals surface area (Å²) < 4.78 is 6.70. The Hall–Kier alpha value is -3.86. The molecular formula is C27H26N2O3. The standard InChI is InChI=1S/C27H26N2O3/c1-3-4-9-19-14-16-20(17-15-19)28-18-23-21-10-5-6-11-22(21)26(30)29(27(23)31)24-12-7-8-13-25(24)32-2/h5-8,10-18,31H,3-4,9H2,1-2H3. The molecular weight excluding hydrogens is 400 g/mol. The van der Waals surface area contributed by atoms with E-state index in [1.54, 1.807) is 30.5 Å². The van der Waals surface area contributed by atoms with Crippen LogP contribution in [0.1, 0.15) is 30.9 Å². The third-order valence-corrected chi connectivity index (χ3v) is 5.53. The lowest BCUT2D eigenvalue weighted by Gasteiger charge is -2.16. The lowest BCUT2D eigenvalue weighted by atomic mass is 10.1. The number of methoxy groups -OCH3 is 1. The molecule has 0 aliphatic carbocycles. The normalized spacial score (nSPS) is 11.3. The van der Waals surface area contributed by atoms with Gasteiger partial charge in [0.2, 0.25) is 5.88 Å². The highest BCUT2D eigenvalue weighted by molar-refractivity contribution is 6.02. The molecule has 0 saturated heterocycles. The van der Waals surface area contributed by atoms with Crippen LogP contribution in [0.2, 0.25) is 0 Å². The van der Waals surface area contributed by atoms with Gasteiger partial charge in [-0.1, -0.05) is 55.8 Å². The topological polar surface area (TPSA) is 63.8 Å². The summed E-state index contributed by atoms with van der Waals surface area (Å²) in [5, 5.41) is 12.3. The van der Waals surface area contributed by atoms with Crippen LogP contribution < -0.4 is 10.3 Å². The van der Waals surface area contributed by atoms with E-state index in [2.05, 4.69) is 24.0 Å². The van der Waals surface area contributed by atoms with E-state index in [9.17, 15) is 9.90 Å². The summed E-state index contributed by atoms with van der Waals surface area (Å²) in [4.78, 5) is 17.9. The second-order valence-corrected chi connectivity index (χ2v) is 7.62. The second-order valence-electron chi connectivity index (χ2n) is 7.62. The van der Waals surface area contributed by atoms with E-state index in [0.717, 1.165) is 24.9 Å². The second kappa shape index (κ2) is 9.52. The van der Waals surface area contributed by atoms with Crippen molar-refractivity contribution in [2.45, 2.75) is 26.2 Å². The number of fused-ring (bicyclic) bond motifs is 1. The van der Waals surface area contributed by atoms with Gasteiger partial charge in [0.05, 0.1) is 24.0 Å². The van der Waals surface area contributed by atoms with Crippen LogP contribution in [0, 0.1) is 0 Å². The number of rotatable bonds is 7. The molecule has 0 fully saturated rings. The molecule has 0 amide bonds. The maximum absolute atomic E-state index is 13.3. The number of aromatic hydroxyl groups is 1. The number of nitrogens with zero attached hydrogens (tertiary/aromatic N) is 2. The summed E-state index contributed by atoms with van der Waals surface area (Å²) >= 11 is 0. The Balaban J connectivity index is 1.84. The molecule has 0 saturated carbocycles. The molecule has 1 N–H and O–H groups in total. The van der Waals surface area contributed by atoms with E-state index >= 15 is 0 Å². The number of pyridine rings is 1. The van der Waals surface area contributed by atoms with Crippen LogP contribution in [-0.2, 0) is 6.42 Å². The molecule has 0 aliphatic rings. The molecule has 5 heteroatoms. The highest BCUT2D eigenvalue weighted by Gasteiger charge is 2.18. The molecule has 0 atom stereocenters. The molecule has 1 aromatic heterocycles. The summed E-state index contributed by atoms with van der Waals surface area (Å²) in [6.07, 6.45) is 4.99. The monoisotopic (exact) mass is 426 g/mol. The number of hydrogen-bond donors (Lipinski definition) is 1. The Morgan fingerprint density at radius 3 is 2.38 bits per heavy atom. The number of aliphatic imine (C=N–C) groups is 1. The molecule has 4 rings (SSSR count). The van der Waals surface area contributed by atoms with Gasteiger partial charge in [-0.15, -0.1) is 0 Å².